The number of carbonyl (C=O) groups excluding carboxylic acids is 3. The number of amides is 1. The molecule has 0 aromatic rings. The summed E-state index contributed by atoms with van der Waals surface area (Å²) >= 11 is 0. The lowest BCUT2D eigenvalue weighted by atomic mass is 9.82. The van der Waals surface area contributed by atoms with Crippen LogP contribution in [0, 0.1) is 5.92 Å². The topological polar surface area (TPSA) is 128 Å². The van der Waals surface area contributed by atoms with Crippen LogP contribution in [0.5, 0.6) is 0 Å². The Bertz CT molecular complexity index is 787. The van der Waals surface area contributed by atoms with Gasteiger partial charge in [0.15, 0.2) is 5.72 Å². The van der Waals surface area contributed by atoms with Gasteiger partial charge in [-0.15, -0.1) is 0 Å². The van der Waals surface area contributed by atoms with Crippen LogP contribution in [0.15, 0.2) is 22.5 Å². The van der Waals surface area contributed by atoms with Gasteiger partial charge in [-0.2, -0.15) is 0 Å². The molecule has 4 aliphatic rings. The number of hydrogen-bond acceptors (Lipinski definition) is 8. The van der Waals surface area contributed by atoms with Crippen molar-refractivity contribution in [3.05, 3.63) is 22.5 Å². The van der Waals surface area contributed by atoms with E-state index in [2.05, 4.69) is 4.90 Å². The van der Waals surface area contributed by atoms with E-state index in [4.69, 9.17) is 20.9 Å². The molecule has 0 radical (unpaired) electrons. The summed E-state index contributed by atoms with van der Waals surface area (Å²) in [6, 6.07) is 0.211. The van der Waals surface area contributed by atoms with Crippen LogP contribution in [0.25, 0.3) is 0 Å². The standard InChI is InChI=1S/C16H20N4O5/c1-6-10(17)13(22)9-7(5-25-15(18)23)16(24-3)14-8(19(14)2)4-20(16)11(9)12(6)21/h7-8,14H,4-5,17H2,1-3H3,(H2,18,23)/t7-,8-,14-,16-,19?/m1/s1. The normalized spacial score (nSPS) is 38.8. The highest BCUT2D eigenvalue weighted by molar-refractivity contribution is 6.25. The van der Waals surface area contributed by atoms with Crippen LogP contribution >= 0.6 is 0 Å². The first-order valence-electron chi connectivity index (χ1n) is 8.04. The highest BCUT2D eigenvalue weighted by Crippen LogP contribution is 2.59. The Morgan fingerprint density at radius 3 is 2.64 bits per heavy atom. The third-order valence-corrected chi connectivity index (χ3v) is 5.99. The molecule has 4 N–H and O–H groups in total. The van der Waals surface area contributed by atoms with Crippen LogP contribution < -0.4 is 11.5 Å². The molecular weight excluding hydrogens is 328 g/mol. The van der Waals surface area contributed by atoms with Crippen LogP contribution in [0.3, 0.4) is 0 Å². The number of fused-ring (bicyclic) bond motifs is 4. The summed E-state index contributed by atoms with van der Waals surface area (Å²) in [6.07, 6.45) is -0.945. The van der Waals surface area contributed by atoms with E-state index in [0.717, 1.165) is 0 Å². The molecule has 0 aromatic heterocycles. The second-order valence-corrected chi connectivity index (χ2v) is 6.89. The number of rotatable bonds is 3. The number of ether oxygens (including phenoxy) is 2. The molecule has 3 heterocycles. The van der Waals surface area contributed by atoms with Crippen LogP contribution in [0.4, 0.5) is 4.79 Å². The number of ketones is 2. The molecule has 9 heteroatoms. The van der Waals surface area contributed by atoms with Gasteiger partial charge < -0.3 is 25.8 Å². The molecule has 0 bridgehead atoms. The van der Waals surface area contributed by atoms with Crippen LogP contribution in [-0.4, -0.2) is 72.6 Å². The van der Waals surface area contributed by atoms with E-state index < -0.39 is 23.5 Å². The Kier molecular flexibility index (Phi) is 3.11. The smallest absolute Gasteiger partial charge is 0.404 e. The Morgan fingerprint density at radius 2 is 2.04 bits per heavy atom. The van der Waals surface area contributed by atoms with Gasteiger partial charge in [0.05, 0.1) is 23.4 Å². The highest BCUT2D eigenvalue weighted by atomic mass is 16.6. The lowest BCUT2D eigenvalue weighted by Gasteiger charge is -2.40. The van der Waals surface area contributed by atoms with E-state index in [1.165, 1.54) is 7.11 Å². The van der Waals surface area contributed by atoms with Gasteiger partial charge in [0.25, 0.3) is 0 Å². The van der Waals surface area contributed by atoms with Crippen molar-refractivity contribution in [3.8, 4) is 0 Å². The zero-order valence-electron chi connectivity index (χ0n) is 14.2. The fourth-order valence-corrected chi connectivity index (χ4v) is 4.73. The minimum Gasteiger partial charge on any atom is -0.449 e. The second kappa shape index (κ2) is 4.83. The Labute approximate surface area is 144 Å². The first-order chi connectivity index (χ1) is 11.8. The van der Waals surface area contributed by atoms with E-state index in [9.17, 15) is 14.4 Å². The minimum atomic E-state index is -0.949. The number of carbonyl (C=O) groups is 3. The fourth-order valence-electron chi connectivity index (χ4n) is 4.73. The molecule has 1 unspecified atom stereocenters. The predicted molar refractivity (Wildman–Crippen MR) is 84.7 cm³/mol. The monoisotopic (exact) mass is 348 g/mol. The number of piperazine rings is 1. The van der Waals surface area contributed by atoms with Crippen molar-refractivity contribution in [2.45, 2.75) is 24.7 Å². The van der Waals surface area contributed by atoms with E-state index in [0.29, 0.717) is 12.2 Å². The molecule has 134 valence electrons. The highest BCUT2D eigenvalue weighted by Gasteiger charge is 2.75. The second-order valence-electron chi connectivity index (χ2n) is 6.89. The van der Waals surface area contributed by atoms with E-state index in [-0.39, 0.29) is 41.3 Å². The molecule has 2 fully saturated rings. The Balaban J connectivity index is 1.85. The average molecular weight is 348 g/mol. The third-order valence-electron chi connectivity index (χ3n) is 5.99. The quantitative estimate of drug-likeness (QED) is 0.475. The van der Waals surface area contributed by atoms with E-state index in [1.54, 1.807) is 6.92 Å². The molecule has 25 heavy (non-hydrogen) atoms. The van der Waals surface area contributed by atoms with Gasteiger partial charge in [0.1, 0.15) is 6.61 Å². The van der Waals surface area contributed by atoms with Gasteiger partial charge in [0.2, 0.25) is 11.6 Å². The number of nitrogens with two attached hydrogens (primary N) is 2. The third kappa shape index (κ3) is 1.72. The Hall–Kier alpha value is -2.39. The minimum absolute atomic E-state index is 0.00768. The van der Waals surface area contributed by atoms with E-state index >= 15 is 0 Å². The van der Waals surface area contributed by atoms with Crippen molar-refractivity contribution in [2.24, 2.45) is 17.4 Å². The van der Waals surface area contributed by atoms with Crippen molar-refractivity contribution >= 4 is 17.7 Å². The molecule has 0 saturated carbocycles. The molecule has 0 spiro atoms. The Morgan fingerprint density at radius 1 is 1.36 bits per heavy atom. The number of Topliss-reactive ketones (excluding diaryl/α,β-unsaturated/α-hetero) is 2. The maximum atomic E-state index is 12.9. The van der Waals surface area contributed by atoms with Gasteiger partial charge in [0, 0.05) is 30.8 Å². The molecule has 2 saturated heterocycles. The summed E-state index contributed by atoms with van der Waals surface area (Å²) in [7, 11) is 3.49. The number of likely N-dealkylation sites (N-methyl/N-ethyl adjacent to an activating group) is 1. The van der Waals surface area contributed by atoms with Crippen molar-refractivity contribution in [3.63, 3.8) is 0 Å². The van der Waals surface area contributed by atoms with Gasteiger partial charge in [-0.3, -0.25) is 14.5 Å². The molecule has 0 aromatic carbocycles. The van der Waals surface area contributed by atoms with Gasteiger partial charge >= 0.3 is 6.09 Å². The number of nitrogens with zero attached hydrogens (tertiary/aromatic N) is 2. The lowest BCUT2D eigenvalue weighted by Crippen LogP contribution is -2.55. The number of primary amides is 1. The summed E-state index contributed by atoms with van der Waals surface area (Å²) in [5, 5.41) is 0. The van der Waals surface area contributed by atoms with Crippen molar-refractivity contribution < 1.29 is 23.9 Å². The molecular formula is C16H20N4O5. The molecule has 1 amide bonds. The number of methoxy groups -OCH3 is 1. The molecule has 4 rings (SSSR count). The SMILES string of the molecule is CO[C@@]12[C@H](COC(N)=O)C3=C(C(=O)C(C)=C(N)C3=O)N1C[C@@H]1[C@H]2N1C. The maximum absolute atomic E-state index is 12.9. The molecule has 1 aliphatic carbocycles. The fraction of sp³-hybridized carbons (Fsp3) is 0.562. The largest absolute Gasteiger partial charge is 0.449 e. The van der Waals surface area contributed by atoms with Crippen LogP contribution in [-0.2, 0) is 19.1 Å². The van der Waals surface area contributed by atoms with Gasteiger partial charge in [-0.05, 0) is 14.0 Å². The summed E-state index contributed by atoms with van der Waals surface area (Å²) in [5.41, 5.74) is 10.8. The molecule has 9 nitrogen and oxygen atoms in total. The summed E-state index contributed by atoms with van der Waals surface area (Å²) in [5.74, 6) is -1.32. The van der Waals surface area contributed by atoms with Crippen LogP contribution in [0.2, 0.25) is 0 Å². The van der Waals surface area contributed by atoms with Crippen molar-refractivity contribution in [2.75, 3.05) is 27.3 Å². The summed E-state index contributed by atoms with van der Waals surface area (Å²) in [4.78, 5) is 40.8. The van der Waals surface area contributed by atoms with Crippen molar-refractivity contribution in [1.82, 2.24) is 9.80 Å². The first kappa shape index (κ1) is 16.1. The van der Waals surface area contributed by atoms with E-state index in [1.807, 2.05) is 11.9 Å². The van der Waals surface area contributed by atoms with Gasteiger partial charge in [-0.1, -0.05) is 0 Å². The molecule has 5 atom stereocenters. The average Bonchev–Trinajstić information content (AvgIpc) is 2.96. The summed E-state index contributed by atoms with van der Waals surface area (Å²) in [6.45, 7) is 1.96. The maximum Gasteiger partial charge on any atom is 0.404 e. The zero-order valence-corrected chi connectivity index (χ0v) is 14.2. The predicted octanol–water partition coefficient (Wildman–Crippen LogP) is -1.31. The summed E-state index contributed by atoms with van der Waals surface area (Å²) < 4.78 is 10.9. The van der Waals surface area contributed by atoms with Crippen LogP contribution in [0.1, 0.15) is 6.92 Å². The first-order valence-corrected chi connectivity index (χ1v) is 8.04. The van der Waals surface area contributed by atoms with Gasteiger partial charge in [-0.25, -0.2) is 4.79 Å². The molecule has 3 aliphatic heterocycles. The number of hydrogen-bond donors (Lipinski definition) is 2. The van der Waals surface area contributed by atoms with Crippen molar-refractivity contribution in [1.29, 1.82) is 0 Å². The zero-order chi connectivity index (χ0) is 18.3. The number of allylic oxidation sites excluding steroid dienone is 2. The lowest BCUT2D eigenvalue weighted by molar-refractivity contribution is -0.144.